The number of hydrogen-bond donors (Lipinski definition) is 2. The fourth-order valence-corrected chi connectivity index (χ4v) is 2.42. The van der Waals surface area contributed by atoms with Gasteiger partial charge >= 0.3 is 6.03 Å². The molecule has 0 aliphatic carbocycles. The summed E-state index contributed by atoms with van der Waals surface area (Å²) in [5.74, 6) is 0. The predicted octanol–water partition coefficient (Wildman–Crippen LogP) is 2.33. The number of hydrogen-bond acceptors (Lipinski definition) is 4. The van der Waals surface area contributed by atoms with Crippen molar-refractivity contribution in [2.75, 3.05) is 5.32 Å². The van der Waals surface area contributed by atoms with Gasteiger partial charge in [-0.2, -0.15) is 10.2 Å². The number of amides is 2. The molecule has 0 spiro atoms. The molecule has 0 aliphatic rings. The summed E-state index contributed by atoms with van der Waals surface area (Å²) >= 11 is 6.14. The Hall–Kier alpha value is -2.87. The molecular weight excluding hydrogens is 330 g/mol. The van der Waals surface area contributed by atoms with Crippen LogP contribution in [0.2, 0.25) is 5.02 Å². The first kappa shape index (κ1) is 16.0. The van der Waals surface area contributed by atoms with Crippen LogP contribution in [-0.4, -0.2) is 36.6 Å². The Bertz CT molecular complexity index is 815. The van der Waals surface area contributed by atoms with Crippen LogP contribution >= 0.6 is 11.6 Å². The molecule has 24 heavy (non-hydrogen) atoms. The Morgan fingerprint density at radius 3 is 2.92 bits per heavy atom. The molecule has 9 heteroatoms. The van der Waals surface area contributed by atoms with Crippen LogP contribution in [0.15, 0.2) is 49.3 Å². The highest BCUT2D eigenvalue weighted by Crippen LogP contribution is 2.20. The summed E-state index contributed by atoms with van der Waals surface area (Å²) < 4.78 is 3.26. The lowest BCUT2D eigenvalue weighted by Crippen LogP contribution is -2.38. The monoisotopic (exact) mass is 345 g/mol. The zero-order valence-corrected chi connectivity index (χ0v) is 13.7. The van der Waals surface area contributed by atoms with Crippen LogP contribution in [-0.2, 0) is 6.54 Å². The maximum atomic E-state index is 12.0. The van der Waals surface area contributed by atoms with Crippen LogP contribution < -0.4 is 10.6 Å². The molecule has 2 N–H and O–H groups in total. The highest BCUT2D eigenvalue weighted by atomic mass is 35.5. The van der Waals surface area contributed by atoms with Gasteiger partial charge in [-0.15, -0.1) is 0 Å². The van der Waals surface area contributed by atoms with Gasteiger partial charge in [0.05, 0.1) is 35.3 Å². The molecule has 0 saturated carbocycles. The molecule has 2 aromatic heterocycles. The van der Waals surface area contributed by atoms with Crippen molar-refractivity contribution in [3.05, 3.63) is 54.3 Å². The molecule has 2 amide bonds. The average molecular weight is 346 g/mol. The molecule has 0 aliphatic heterocycles. The summed E-state index contributed by atoms with van der Waals surface area (Å²) in [6.07, 6.45) is 6.31. The Morgan fingerprint density at radius 2 is 2.17 bits per heavy atom. The van der Waals surface area contributed by atoms with Crippen LogP contribution in [0, 0.1) is 0 Å². The van der Waals surface area contributed by atoms with E-state index in [9.17, 15) is 4.79 Å². The maximum absolute atomic E-state index is 12.0. The third-order valence-corrected chi connectivity index (χ3v) is 3.56. The van der Waals surface area contributed by atoms with E-state index in [1.54, 1.807) is 34.2 Å². The Labute approximate surface area is 143 Å². The number of rotatable bonds is 5. The van der Waals surface area contributed by atoms with Crippen molar-refractivity contribution in [3.63, 3.8) is 0 Å². The number of carbonyl (C=O) groups excluding carboxylic acids is 1. The fourth-order valence-electron chi connectivity index (χ4n) is 2.20. The third kappa shape index (κ3) is 3.90. The minimum Gasteiger partial charge on any atom is -0.334 e. The molecule has 124 valence electrons. The maximum Gasteiger partial charge on any atom is 0.319 e. The van der Waals surface area contributed by atoms with E-state index in [4.69, 9.17) is 11.6 Å². The SMILES string of the molecule is C[C@@H](Cn1cncn1)NC(=O)Nc1cnn(-c2ccccc2Cl)c1. The van der Waals surface area contributed by atoms with Crippen molar-refractivity contribution >= 4 is 23.3 Å². The van der Waals surface area contributed by atoms with Gasteiger partial charge in [0.15, 0.2) is 0 Å². The van der Waals surface area contributed by atoms with Gasteiger partial charge in [-0.05, 0) is 19.1 Å². The van der Waals surface area contributed by atoms with E-state index in [-0.39, 0.29) is 12.1 Å². The topological polar surface area (TPSA) is 89.7 Å². The van der Waals surface area contributed by atoms with E-state index in [0.717, 1.165) is 5.69 Å². The summed E-state index contributed by atoms with van der Waals surface area (Å²) in [6, 6.07) is 6.92. The van der Waals surface area contributed by atoms with Crippen molar-refractivity contribution in [2.24, 2.45) is 0 Å². The third-order valence-electron chi connectivity index (χ3n) is 3.24. The minimum absolute atomic E-state index is 0.106. The second kappa shape index (κ2) is 7.14. The Morgan fingerprint density at radius 1 is 1.33 bits per heavy atom. The number of nitrogens with one attached hydrogen (secondary N) is 2. The number of carbonyl (C=O) groups is 1. The van der Waals surface area contributed by atoms with Crippen molar-refractivity contribution in [3.8, 4) is 5.69 Å². The molecule has 0 unspecified atom stereocenters. The van der Waals surface area contributed by atoms with Gasteiger partial charge < -0.3 is 10.6 Å². The van der Waals surface area contributed by atoms with E-state index in [1.165, 1.54) is 6.33 Å². The number of anilines is 1. The number of para-hydroxylation sites is 1. The van der Waals surface area contributed by atoms with E-state index >= 15 is 0 Å². The Kier molecular flexibility index (Phi) is 4.76. The van der Waals surface area contributed by atoms with Gasteiger partial charge in [0.25, 0.3) is 0 Å². The smallest absolute Gasteiger partial charge is 0.319 e. The van der Waals surface area contributed by atoms with Crippen LogP contribution in [0.3, 0.4) is 0 Å². The Balaban J connectivity index is 1.58. The lowest BCUT2D eigenvalue weighted by Gasteiger charge is -2.13. The van der Waals surface area contributed by atoms with Crippen molar-refractivity contribution < 1.29 is 4.79 Å². The lowest BCUT2D eigenvalue weighted by atomic mass is 10.3. The summed E-state index contributed by atoms with van der Waals surface area (Å²) in [4.78, 5) is 15.9. The van der Waals surface area contributed by atoms with Crippen LogP contribution in [0.5, 0.6) is 0 Å². The molecule has 0 radical (unpaired) electrons. The second-order valence-corrected chi connectivity index (χ2v) is 5.65. The largest absolute Gasteiger partial charge is 0.334 e. The van der Waals surface area contributed by atoms with E-state index in [1.807, 2.05) is 25.1 Å². The highest BCUT2D eigenvalue weighted by molar-refractivity contribution is 6.32. The molecule has 8 nitrogen and oxygen atoms in total. The standard InChI is InChI=1S/C15H16ClN7O/c1-11(7-22-10-17-9-19-22)20-15(24)21-12-6-18-23(8-12)14-5-3-2-4-13(14)16/h2-6,8-11H,7H2,1H3,(H2,20,21,24)/t11-/m0/s1. The molecule has 2 heterocycles. The van der Waals surface area contributed by atoms with Crippen LogP contribution in [0.4, 0.5) is 10.5 Å². The van der Waals surface area contributed by atoms with Crippen LogP contribution in [0.1, 0.15) is 6.92 Å². The molecule has 1 aromatic carbocycles. The lowest BCUT2D eigenvalue weighted by molar-refractivity contribution is 0.247. The van der Waals surface area contributed by atoms with Gasteiger partial charge in [0.2, 0.25) is 0 Å². The number of benzene rings is 1. The molecule has 0 bridgehead atoms. The van der Waals surface area contributed by atoms with Crippen molar-refractivity contribution in [1.82, 2.24) is 29.9 Å². The van der Waals surface area contributed by atoms with Crippen molar-refractivity contribution in [2.45, 2.75) is 19.5 Å². The number of urea groups is 1. The number of aromatic nitrogens is 5. The van der Waals surface area contributed by atoms with Gasteiger partial charge in [-0.1, -0.05) is 23.7 Å². The van der Waals surface area contributed by atoms with Gasteiger partial charge in [0, 0.05) is 6.04 Å². The minimum atomic E-state index is -0.318. The first-order chi connectivity index (χ1) is 11.6. The molecule has 1 atom stereocenters. The molecule has 0 fully saturated rings. The van der Waals surface area contributed by atoms with Gasteiger partial charge in [-0.3, -0.25) is 4.68 Å². The predicted molar refractivity (Wildman–Crippen MR) is 90.2 cm³/mol. The van der Waals surface area contributed by atoms with Gasteiger partial charge in [-0.25, -0.2) is 14.5 Å². The first-order valence-corrected chi connectivity index (χ1v) is 7.69. The normalized spacial score (nSPS) is 11.9. The van der Waals surface area contributed by atoms with Crippen LogP contribution in [0.25, 0.3) is 5.69 Å². The van der Waals surface area contributed by atoms with E-state index in [2.05, 4.69) is 25.8 Å². The molecular formula is C15H16ClN7O. The summed E-state index contributed by atoms with van der Waals surface area (Å²) in [6.45, 7) is 2.42. The van der Waals surface area contributed by atoms with Crippen molar-refractivity contribution in [1.29, 1.82) is 0 Å². The zero-order chi connectivity index (χ0) is 16.9. The fraction of sp³-hybridized carbons (Fsp3) is 0.200. The van der Waals surface area contributed by atoms with Gasteiger partial charge in [0.1, 0.15) is 12.7 Å². The second-order valence-electron chi connectivity index (χ2n) is 5.24. The average Bonchev–Trinajstić information content (AvgIpc) is 3.19. The first-order valence-electron chi connectivity index (χ1n) is 7.31. The molecule has 0 saturated heterocycles. The summed E-state index contributed by atoms with van der Waals surface area (Å²) in [7, 11) is 0. The number of halogens is 1. The van der Waals surface area contributed by atoms with E-state index < -0.39 is 0 Å². The molecule has 3 rings (SSSR count). The summed E-state index contributed by atoms with van der Waals surface area (Å²) in [5.41, 5.74) is 1.31. The zero-order valence-electron chi connectivity index (χ0n) is 12.9. The molecule has 3 aromatic rings. The highest BCUT2D eigenvalue weighted by Gasteiger charge is 2.10. The quantitative estimate of drug-likeness (QED) is 0.742. The number of nitrogens with zero attached hydrogens (tertiary/aromatic N) is 5. The van der Waals surface area contributed by atoms with E-state index in [0.29, 0.717) is 17.3 Å². The summed E-state index contributed by atoms with van der Waals surface area (Å²) in [5, 5.41) is 14.4.